The first-order valence-corrected chi connectivity index (χ1v) is 8.86. The van der Waals surface area contributed by atoms with E-state index in [0.717, 1.165) is 23.3 Å². The maximum Gasteiger partial charge on any atom is 0.240 e. The molecule has 1 atom stereocenters. The molecule has 3 rings (SSSR count). The quantitative estimate of drug-likeness (QED) is 0.515. The summed E-state index contributed by atoms with van der Waals surface area (Å²) in [5.41, 5.74) is 1.55. The lowest BCUT2D eigenvalue weighted by Crippen LogP contribution is -2.22. The van der Waals surface area contributed by atoms with Gasteiger partial charge in [0.15, 0.2) is 5.16 Å². The van der Waals surface area contributed by atoms with E-state index in [1.54, 1.807) is 19.9 Å². The van der Waals surface area contributed by atoms with Crippen molar-refractivity contribution in [3.8, 4) is 0 Å². The van der Waals surface area contributed by atoms with Crippen LogP contribution in [0.3, 0.4) is 0 Å². The molecular weight excluding hydrogens is 338 g/mol. The van der Waals surface area contributed by atoms with Crippen LogP contribution in [0.5, 0.6) is 0 Å². The number of nitrogens with one attached hydrogen (secondary N) is 2. The van der Waals surface area contributed by atoms with Crippen LogP contribution in [0.15, 0.2) is 40.0 Å². The molecule has 0 spiro atoms. The Morgan fingerprint density at radius 2 is 2.12 bits per heavy atom. The highest BCUT2D eigenvalue weighted by Gasteiger charge is 2.19. The summed E-state index contributed by atoms with van der Waals surface area (Å²) in [6.45, 7) is 6.36. The van der Waals surface area contributed by atoms with E-state index in [2.05, 4.69) is 25.8 Å². The summed E-state index contributed by atoms with van der Waals surface area (Å²) in [5, 5.41) is 10.8. The molecule has 8 heteroatoms. The number of benzene rings is 1. The Labute approximate surface area is 149 Å². The van der Waals surface area contributed by atoms with Crippen LogP contribution in [-0.4, -0.2) is 32.8 Å². The third-order valence-corrected chi connectivity index (χ3v) is 4.41. The fourth-order valence-corrected chi connectivity index (χ4v) is 3.04. The van der Waals surface area contributed by atoms with Crippen molar-refractivity contribution in [2.45, 2.75) is 31.2 Å². The molecule has 1 amide bonds. The van der Waals surface area contributed by atoms with E-state index in [0.29, 0.717) is 16.7 Å². The van der Waals surface area contributed by atoms with E-state index >= 15 is 0 Å². The summed E-state index contributed by atoms with van der Waals surface area (Å²) in [7, 11) is 0. The van der Waals surface area contributed by atoms with Gasteiger partial charge in [-0.15, -0.1) is 0 Å². The average Bonchev–Trinajstić information content (AvgIpc) is 3.00. The number of thioether (sulfide) groups is 1. The fraction of sp³-hybridized carbons (Fsp3) is 0.294. The van der Waals surface area contributed by atoms with E-state index in [-0.39, 0.29) is 11.2 Å². The fourth-order valence-electron chi connectivity index (χ4n) is 2.27. The monoisotopic (exact) mass is 357 g/mol. The van der Waals surface area contributed by atoms with Crippen molar-refractivity contribution >= 4 is 40.3 Å². The molecule has 0 radical (unpaired) electrons. The zero-order valence-corrected chi connectivity index (χ0v) is 15.1. The molecule has 1 aromatic carbocycles. The molecule has 0 aliphatic rings. The van der Waals surface area contributed by atoms with Crippen LogP contribution in [-0.2, 0) is 4.79 Å². The first kappa shape index (κ1) is 17.2. The topological polar surface area (TPSA) is 92.9 Å². The number of hydrogen-bond acceptors (Lipinski definition) is 7. The molecule has 0 bridgehead atoms. The zero-order valence-electron chi connectivity index (χ0n) is 14.2. The van der Waals surface area contributed by atoms with Crippen molar-refractivity contribution in [2.24, 2.45) is 0 Å². The van der Waals surface area contributed by atoms with Crippen LogP contribution < -0.4 is 10.6 Å². The molecule has 0 unspecified atom stereocenters. The molecule has 2 N–H and O–H groups in total. The van der Waals surface area contributed by atoms with E-state index in [1.807, 2.05) is 31.2 Å². The number of carbonyl (C=O) groups is 1. The maximum absolute atomic E-state index is 12.3. The van der Waals surface area contributed by atoms with Gasteiger partial charge in [0, 0.05) is 18.0 Å². The summed E-state index contributed by atoms with van der Waals surface area (Å²) in [5.74, 6) is 0.916. The molecular formula is C17H19N5O2S. The Morgan fingerprint density at radius 3 is 2.84 bits per heavy atom. The van der Waals surface area contributed by atoms with E-state index in [4.69, 9.17) is 4.52 Å². The van der Waals surface area contributed by atoms with Gasteiger partial charge in [-0.1, -0.05) is 29.1 Å². The molecule has 130 valence electrons. The highest BCUT2D eigenvalue weighted by atomic mass is 32.2. The second-order valence-electron chi connectivity index (χ2n) is 5.48. The summed E-state index contributed by atoms with van der Waals surface area (Å²) < 4.78 is 5.01. The van der Waals surface area contributed by atoms with Gasteiger partial charge in [0.05, 0.1) is 16.5 Å². The summed E-state index contributed by atoms with van der Waals surface area (Å²) in [4.78, 5) is 21.4. The first-order valence-electron chi connectivity index (χ1n) is 7.98. The van der Waals surface area contributed by atoms with Crippen molar-refractivity contribution in [3.63, 3.8) is 0 Å². The lowest BCUT2D eigenvalue weighted by molar-refractivity contribution is -0.115. The predicted octanol–water partition coefficient (Wildman–Crippen LogP) is 3.48. The number of fused-ring (bicyclic) bond motifs is 1. The largest absolute Gasteiger partial charge is 0.370 e. The van der Waals surface area contributed by atoms with E-state index < -0.39 is 0 Å². The minimum absolute atomic E-state index is 0.192. The minimum atomic E-state index is -0.388. The number of nitrogens with zero attached hydrogens (tertiary/aromatic N) is 3. The highest BCUT2D eigenvalue weighted by molar-refractivity contribution is 8.00. The molecule has 3 aromatic rings. The van der Waals surface area contributed by atoms with Crippen LogP contribution in [0.1, 0.15) is 19.5 Å². The molecule has 0 aliphatic carbocycles. The van der Waals surface area contributed by atoms with Gasteiger partial charge in [0.25, 0.3) is 0 Å². The SMILES string of the molecule is CCNc1nc(S[C@@H](C)C(=O)Nc2cc(C)no2)nc2ccccc12. The van der Waals surface area contributed by atoms with E-state index in [1.165, 1.54) is 11.8 Å². The van der Waals surface area contributed by atoms with Gasteiger partial charge in [0.2, 0.25) is 11.8 Å². The third-order valence-electron chi connectivity index (χ3n) is 3.45. The van der Waals surface area contributed by atoms with Crippen LogP contribution in [0, 0.1) is 6.92 Å². The van der Waals surface area contributed by atoms with Gasteiger partial charge in [0.1, 0.15) is 5.82 Å². The van der Waals surface area contributed by atoms with Gasteiger partial charge in [-0.3, -0.25) is 10.1 Å². The number of carbonyl (C=O) groups excluding carboxylic acids is 1. The van der Waals surface area contributed by atoms with Crippen LogP contribution in [0.2, 0.25) is 0 Å². The second-order valence-corrected chi connectivity index (χ2v) is 6.79. The van der Waals surface area contributed by atoms with E-state index in [9.17, 15) is 4.79 Å². The number of amides is 1. The smallest absolute Gasteiger partial charge is 0.240 e. The maximum atomic E-state index is 12.3. The highest BCUT2D eigenvalue weighted by Crippen LogP contribution is 2.27. The minimum Gasteiger partial charge on any atom is -0.370 e. The molecule has 0 fully saturated rings. The Kier molecular flexibility index (Phi) is 5.18. The molecule has 7 nitrogen and oxygen atoms in total. The van der Waals surface area contributed by atoms with Crippen molar-refractivity contribution < 1.29 is 9.32 Å². The van der Waals surface area contributed by atoms with Gasteiger partial charge in [-0.25, -0.2) is 9.97 Å². The van der Waals surface area contributed by atoms with Crippen molar-refractivity contribution in [1.29, 1.82) is 0 Å². The lowest BCUT2D eigenvalue weighted by Gasteiger charge is -2.12. The Balaban J connectivity index is 1.78. The molecule has 2 heterocycles. The van der Waals surface area contributed by atoms with Gasteiger partial charge in [-0.05, 0) is 32.9 Å². The molecule has 0 saturated heterocycles. The molecule has 2 aromatic heterocycles. The Morgan fingerprint density at radius 1 is 1.32 bits per heavy atom. The Bertz CT molecular complexity index is 896. The van der Waals surface area contributed by atoms with Gasteiger partial charge >= 0.3 is 0 Å². The number of aromatic nitrogens is 3. The van der Waals surface area contributed by atoms with Crippen LogP contribution >= 0.6 is 11.8 Å². The number of aryl methyl sites for hydroxylation is 1. The predicted molar refractivity (Wildman–Crippen MR) is 98.9 cm³/mol. The van der Waals surface area contributed by atoms with Crippen LogP contribution in [0.25, 0.3) is 10.9 Å². The lowest BCUT2D eigenvalue weighted by atomic mass is 10.2. The van der Waals surface area contributed by atoms with Crippen LogP contribution in [0.4, 0.5) is 11.7 Å². The molecule has 0 aliphatic heterocycles. The van der Waals surface area contributed by atoms with Crippen molar-refractivity contribution in [1.82, 2.24) is 15.1 Å². The van der Waals surface area contributed by atoms with Gasteiger partial charge in [-0.2, -0.15) is 0 Å². The molecule has 0 saturated carbocycles. The number of anilines is 2. The zero-order chi connectivity index (χ0) is 17.8. The molecule has 25 heavy (non-hydrogen) atoms. The van der Waals surface area contributed by atoms with Crippen molar-refractivity contribution in [3.05, 3.63) is 36.0 Å². The summed E-state index contributed by atoms with van der Waals surface area (Å²) in [6, 6.07) is 9.47. The number of para-hydroxylation sites is 1. The summed E-state index contributed by atoms with van der Waals surface area (Å²) in [6.07, 6.45) is 0. The Hall–Kier alpha value is -2.61. The number of hydrogen-bond donors (Lipinski definition) is 2. The normalized spacial score (nSPS) is 12.1. The third kappa shape index (κ3) is 4.08. The second kappa shape index (κ2) is 7.52. The summed E-state index contributed by atoms with van der Waals surface area (Å²) >= 11 is 1.30. The van der Waals surface area contributed by atoms with Crippen molar-refractivity contribution in [2.75, 3.05) is 17.2 Å². The first-order chi connectivity index (χ1) is 12.1. The number of rotatable bonds is 6. The standard InChI is InChI=1S/C17H19N5O2S/c1-4-18-15-12-7-5-6-8-13(12)19-17(21-15)25-11(3)16(23)20-14-9-10(2)22-24-14/h5-9,11H,4H2,1-3H3,(H,20,23)(H,18,19,21)/t11-/m0/s1. The van der Waals surface area contributed by atoms with Gasteiger partial charge < -0.3 is 9.84 Å². The average molecular weight is 357 g/mol.